The van der Waals surface area contributed by atoms with E-state index < -0.39 is 11.6 Å². The average molecular weight is 371 g/mol. The molecule has 1 aromatic carbocycles. The predicted octanol–water partition coefficient (Wildman–Crippen LogP) is 3.23. The monoisotopic (exact) mass is 371 g/mol. The predicted molar refractivity (Wildman–Crippen MR) is 98.9 cm³/mol. The Morgan fingerprint density at radius 3 is 2.74 bits per heavy atom. The molecular weight excluding hydrogens is 352 g/mol. The van der Waals surface area contributed by atoms with E-state index in [1.54, 1.807) is 36.4 Å². The largest absolute Gasteiger partial charge is 0.363 e. The third kappa shape index (κ3) is 4.11. The molecule has 6 nitrogen and oxygen atoms in total. The summed E-state index contributed by atoms with van der Waals surface area (Å²) in [7, 11) is 3.66. The van der Waals surface area contributed by atoms with Crippen molar-refractivity contribution in [2.24, 2.45) is 0 Å². The van der Waals surface area contributed by atoms with E-state index in [-0.39, 0.29) is 18.0 Å². The number of nitrogens with zero attached hydrogens (tertiary/aromatic N) is 4. The fourth-order valence-electron chi connectivity index (χ4n) is 2.57. The van der Waals surface area contributed by atoms with Crippen molar-refractivity contribution in [2.75, 3.05) is 24.3 Å². The number of carbonyl (C=O) groups is 1. The molecule has 3 aromatic rings. The van der Waals surface area contributed by atoms with Crippen molar-refractivity contribution in [3.8, 4) is 0 Å². The van der Waals surface area contributed by atoms with Crippen LogP contribution in [0.15, 0.2) is 42.7 Å². The Labute approximate surface area is 155 Å². The SMILES string of the molecule is Cc1cnn(Cc2cc(F)ccc2F)c1NC(=O)c1ccnc(N(C)C)c1. The van der Waals surface area contributed by atoms with Gasteiger partial charge >= 0.3 is 0 Å². The normalized spacial score (nSPS) is 10.7. The van der Waals surface area contributed by atoms with E-state index in [1.807, 2.05) is 14.1 Å². The number of hydrogen-bond donors (Lipinski definition) is 1. The minimum absolute atomic E-state index is 0.00760. The number of aryl methyl sites for hydroxylation is 1. The van der Waals surface area contributed by atoms with E-state index in [2.05, 4.69) is 15.4 Å². The number of hydrogen-bond acceptors (Lipinski definition) is 4. The molecule has 0 bridgehead atoms. The fourth-order valence-corrected chi connectivity index (χ4v) is 2.57. The molecule has 1 amide bonds. The van der Waals surface area contributed by atoms with E-state index in [1.165, 1.54) is 4.68 Å². The van der Waals surface area contributed by atoms with Crippen LogP contribution in [0.4, 0.5) is 20.4 Å². The zero-order chi connectivity index (χ0) is 19.6. The Morgan fingerprint density at radius 2 is 2.00 bits per heavy atom. The molecule has 0 spiro atoms. The van der Waals surface area contributed by atoms with Crippen LogP contribution in [0.1, 0.15) is 21.5 Å². The molecule has 0 saturated carbocycles. The first-order valence-electron chi connectivity index (χ1n) is 8.26. The summed E-state index contributed by atoms with van der Waals surface area (Å²) < 4.78 is 28.8. The van der Waals surface area contributed by atoms with Gasteiger partial charge in [-0.05, 0) is 37.3 Å². The highest BCUT2D eigenvalue weighted by molar-refractivity contribution is 6.04. The number of benzene rings is 1. The highest BCUT2D eigenvalue weighted by Gasteiger charge is 2.15. The van der Waals surface area contributed by atoms with Crippen molar-refractivity contribution >= 4 is 17.5 Å². The van der Waals surface area contributed by atoms with Gasteiger partial charge in [0.2, 0.25) is 0 Å². The lowest BCUT2D eigenvalue weighted by atomic mass is 10.2. The van der Waals surface area contributed by atoms with Crippen molar-refractivity contribution < 1.29 is 13.6 Å². The molecule has 0 saturated heterocycles. The third-order valence-corrected chi connectivity index (χ3v) is 4.05. The van der Waals surface area contributed by atoms with Crippen molar-refractivity contribution in [2.45, 2.75) is 13.5 Å². The first-order chi connectivity index (χ1) is 12.8. The third-order valence-electron chi connectivity index (χ3n) is 4.05. The molecule has 8 heteroatoms. The maximum atomic E-state index is 13.9. The van der Waals surface area contributed by atoms with Gasteiger partial charge in [0.15, 0.2) is 0 Å². The van der Waals surface area contributed by atoms with Crippen molar-refractivity contribution in [1.82, 2.24) is 14.8 Å². The topological polar surface area (TPSA) is 63.1 Å². The van der Waals surface area contributed by atoms with Crippen LogP contribution in [-0.2, 0) is 6.54 Å². The molecule has 0 aliphatic heterocycles. The lowest BCUT2D eigenvalue weighted by Crippen LogP contribution is -2.18. The number of halogens is 2. The average Bonchev–Trinajstić information content (AvgIpc) is 2.98. The number of nitrogens with one attached hydrogen (secondary N) is 1. The van der Waals surface area contributed by atoms with Crippen LogP contribution < -0.4 is 10.2 Å². The zero-order valence-electron chi connectivity index (χ0n) is 15.2. The number of aromatic nitrogens is 3. The molecular formula is C19H19F2N5O. The summed E-state index contributed by atoms with van der Waals surface area (Å²) in [5, 5.41) is 6.96. The van der Waals surface area contributed by atoms with Crippen LogP contribution >= 0.6 is 0 Å². The van der Waals surface area contributed by atoms with Gasteiger partial charge in [-0.15, -0.1) is 0 Å². The molecule has 3 rings (SSSR count). The van der Waals surface area contributed by atoms with Crippen LogP contribution in [0, 0.1) is 18.6 Å². The van der Waals surface area contributed by atoms with E-state index >= 15 is 0 Å². The summed E-state index contributed by atoms with van der Waals surface area (Å²) in [6.45, 7) is 1.77. The Balaban J connectivity index is 1.86. The summed E-state index contributed by atoms with van der Waals surface area (Å²) in [5.74, 6) is -0.341. The molecule has 0 atom stereocenters. The number of amides is 1. The Bertz CT molecular complexity index is 984. The molecule has 2 aromatic heterocycles. The van der Waals surface area contributed by atoms with Gasteiger partial charge < -0.3 is 10.2 Å². The number of pyridine rings is 1. The van der Waals surface area contributed by atoms with Gasteiger partial charge in [-0.3, -0.25) is 4.79 Å². The van der Waals surface area contributed by atoms with E-state index in [0.29, 0.717) is 22.8 Å². The molecule has 0 unspecified atom stereocenters. The minimum atomic E-state index is -0.536. The zero-order valence-corrected chi connectivity index (χ0v) is 15.2. The van der Waals surface area contributed by atoms with Gasteiger partial charge in [-0.25, -0.2) is 18.4 Å². The van der Waals surface area contributed by atoms with Crippen molar-refractivity contribution in [3.05, 3.63) is 71.1 Å². The maximum absolute atomic E-state index is 13.9. The van der Waals surface area contributed by atoms with Crippen LogP contribution in [0.2, 0.25) is 0 Å². The lowest BCUT2D eigenvalue weighted by molar-refractivity contribution is 0.102. The van der Waals surface area contributed by atoms with Crippen LogP contribution in [-0.4, -0.2) is 34.8 Å². The summed E-state index contributed by atoms with van der Waals surface area (Å²) in [5.41, 5.74) is 1.28. The van der Waals surface area contributed by atoms with Crippen LogP contribution in [0.3, 0.4) is 0 Å². The van der Waals surface area contributed by atoms with Crippen molar-refractivity contribution in [1.29, 1.82) is 0 Å². The van der Waals surface area contributed by atoms with Crippen molar-refractivity contribution in [3.63, 3.8) is 0 Å². The fraction of sp³-hybridized carbons (Fsp3) is 0.211. The summed E-state index contributed by atoms with van der Waals surface area (Å²) in [6, 6.07) is 6.51. The highest BCUT2D eigenvalue weighted by atomic mass is 19.1. The second-order valence-electron chi connectivity index (χ2n) is 6.32. The number of anilines is 2. The Kier molecular flexibility index (Phi) is 5.16. The first-order valence-corrected chi connectivity index (χ1v) is 8.26. The second-order valence-corrected chi connectivity index (χ2v) is 6.32. The highest BCUT2D eigenvalue weighted by Crippen LogP contribution is 2.19. The molecule has 140 valence electrons. The van der Waals surface area contributed by atoms with Gasteiger partial charge in [-0.2, -0.15) is 5.10 Å². The molecule has 2 heterocycles. The smallest absolute Gasteiger partial charge is 0.257 e. The Morgan fingerprint density at radius 1 is 1.22 bits per heavy atom. The minimum Gasteiger partial charge on any atom is -0.363 e. The van der Waals surface area contributed by atoms with Gasteiger partial charge in [0.1, 0.15) is 23.3 Å². The molecule has 0 radical (unpaired) electrons. The van der Waals surface area contributed by atoms with Gasteiger partial charge in [0.05, 0.1) is 12.7 Å². The maximum Gasteiger partial charge on any atom is 0.257 e. The van der Waals surface area contributed by atoms with E-state index in [0.717, 1.165) is 18.2 Å². The molecule has 27 heavy (non-hydrogen) atoms. The summed E-state index contributed by atoms with van der Waals surface area (Å²) in [6.07, 6.45) is 3.11. The molecule has 1 N–H and O–H groups in total. The molecule has 0 aliphatic rings. The molecule has 0 aliphatic carbocycles. The first kappa shape index (κ1) is 18.5. The van der Waals surface area contributed by atoms with Gasteiger partial charge in [0, 0.05) is 37.0 Å². The Hall–Kier alpha value is -3.29. The van der Waals surface area contributed by atoms with E-state index in [9.17, 15) is 13.6 Å². The van der Waals surface area contributed by atoms with Gasteiger partial charge in [0.25, 0.3) is 5.91 Å². The summed E-state index contributed by atoms with van der Waals surface area (Å²) >= 11 is 0. The second kappa shape index (κ2) is 7.53. The van der Waals surface area contributed by atoms with E-state index in [4.69, 9.17) is 0 Å². The quantitative estimate of drug-likeness (QED) is 0.748. The summed E-state index contributed by atoms with van der Waals surface area (Å²) in [4.78, 5) is 18.6. The van der Waals surface area contributed by atoms with Crippen LogP contribution in [0.25, 0.3) is 0 Å². The molecule has 0 fully saturated rings. The van der Waals surface area contributed by atoms with Crippen LogP contribution in [0.5, 0.6) is 0 Å². The standard InChI is InChI=1S/C19H19F2N5O/c1-12-10-23-26(11-14-8-15(20)4-5-16(14)21)18(12)24-19(27)13-6-7-22-17(9-13)25(2)3/h4-10H,11H2,1-3H3,(H,24,27). The van der Waals surface area contributed by atoms with Gasteiger partial charge in [-0.1, -0.05) is 0 Å². The lowest BCUT2D eigenvalue weighted by Gasteiger charge is -2.13. The number of rotatable bonds is 5. The number of carbonyl (C=O) groups excluding carboxylic acids is 1.